The second-order valence-corrected chi connectivity index (χ2v) is 6.37. The van der Waals surface area contributed by atoms with Gasteiger partial charge in [0.1, 0.15) is 6.04 Å². The number of hydrogen-bond donors (Lipinski definition) is 1. The lowest BCUT2D eigenvalue weighted by molar-refractivity contribution is -0.126. The van der Waals surface area contributed by atoms with Crippen molar-refractivity contribution in [2.45, 2.75) is 58.0 Å². The van der Waals surface area contributed by atoms with Crippen LogP contribution in [-0.4, -0.2) is 36.0 Å². The van der Waals surface area contributed by atoms with Crippen molar-refractivity contribution >= 4 is 5.91 Å². The van der Waals surface area contributed by atoms with Gasteiger partial charge in [-0.15, -0.1) is 0 Å². The minimum Gasteiger partial charge on any atom is -0.354 e. The van der Waals surface area contributed by atoms with E-state index in [1.807, 2.05) is 0 Å². The molecule has 1 amide bonds. The number of carbonyl (C=O) groups is 1. The lowest BCUT2D eigenvalue weighted by atomic mass is 9.92. The number of carbonyl (C=O) groups excluding carboxylic acids is 1. The number of rotatable bonds is 2. The Hall–Kier alpha value is -1.08. The van der Waals surface area contributed by atoms with Gasteiger partial charge in [-0.25, -0.2) is 0 Å². The first kappa shape index (κ1) is 13.4. The predicted molar refractivity (Wildman–Crippen MR) is 69.8 cm³/mol. The van der Waals surface area contributed by atoms with Crippen molar-refractivity contribution in [1.29, 1.82) is 5.26 Å². The van der Waals surface area contributed by atoms with E-state index >= 15 is 0 Å². The van der Waals surface area contributed by atoms with E-state index in [-0.39, 0.29) is 17.4 Å². The fourth-order valence-corrected chi connectivity index (χ4v) is 3.17. The molecule has 0 spiro atoms. The van der Waals surface area contributed by atoms with Gasteiger partial charge in [0.25, 0.3) is 0 Å². The summed E-state index contributed by atoms with van der Waals surface area (Å²) in [7, 11) is 0. The molecule has 1 saturated carbocycles. The Morgan fingerprint density at radius 3 is 2.72 bits per heavy atom. The molecule has 1 aliphatic heterocycles. The minimum absolute atomic E-state index is 0.0361. The third kappa shape index (κ3) is 2.84. The number of nitrogens with one attached hydrogen (secondary N) is 1. The van der Waals surface area contributed by atoms with Crippen LogP contribution >= 0.6 is 0 Å². The largest absolute Gasteiger partial charge is 0.354 e. The molecule has 2 aliphatic rings. The zero-order chi connectivity index (χ0) is 13.2. The Bertz CT molecular complexity index is 353. The average Bonchev–Trinajstić information content (AvgIpc) is 2.81. The van der Waals surface area contributed by atoms with Crippen LogP contribution in [0.3, 0.4) is 0 Å². The highest BCUT2D eigenvalue weighted by molar-refractivity contribution is 5.82. The predicted octanol–water partition coefficient (Wildman–Crippen LogP) is 1.67. The summed E-state index contributed by atoms with van der Waals surface area (Å²) in [4.78, 5) is 14.5. The molecule has 4 heteroatoms. The van der Waals surface area contributed by atoms with E-state index in [1.54, 1.807) is 0 Å². The van der Waals surface area contributed by atoms with Gasteiger partial charge in [-0.05, 0) is 18.3 Å². The highest BCUT2D eigenvalue weighted by Gasteiger charge is 2.39. The summed E-state index contributed by atoms with van der Waals surface area (Å²) in [5.41, 5.74) is 0.0858. The fraction of sp³-hybridized carbons (Fsp3) is 0.857. The van der Waals surface area contributed by atoms with Crippen molar-refractivity contribution in [3.8, 4) is 6.07 Å². The normalized spacial score (nSPS) is 29.6. The second kappa shape index (κ2) is 5.27. The van der Waals surface area contributed by atoms with Crippen molar-refractivity contribution in [3.63, 3.8) is 0 Å². The molecule has 1 saturated heterocycles. The summed E-state index contributed by atoms with van der Waals surface area (Å²) in [6.07, 6.45) is 5.15. The molecule has 0 bridgehead atoms. The van der Waals surface area contributed by atoms with Gasteiger partial charge in [0.2, 0.25) is 5.91 Å². The molecule has 1 unspecified atom stereocenters. The Balaban J connectivity index is 2.21. The maximum absolute atomic E-state index is 12.2. The molecule has 0 aromatic rings. The first-order valence-corrected chi connectivity index (χ1v) is 6.94. The van der Waals surface area contributed by atoms with Crippen LogP contribution in [0.4, 0.5) is 0 Å². The summed E-state index contributed by atoms with van der Waals surface area (Å²) in [5.74, 6) is 0.0361. The van der Waals surface area contributed by atoms with E-state index < -0.39 is 0 Å². The van der Waals surface area contributed by atoms with Gasteiger partial charge in [0.05, 0.1) is 12.5 Å². The number of nitrogens with zero attached hydrogens (tertiary/aromatic N) is 2. The first-order valence-electron chi connectivity index (χ1n) is 6.94. The smallest absolute Gasteiger partial charge is 0.238 e. The maximum Gasteiger partial charge on any atom is 0.238 e. The quantitative estimate of drug-likeness (QED) is 0.810. The van der Waals surface area contributed by atoms with Gasteiger partial charge < -0.3 is 5.32 Å². The molecular formula is C14H23N3O. The third-order valence-corrected chi connectivity index (χ3v) is 4.13. The molecule has 0 aromatic carbocycles. The molecule has 18 heavy (non-hydrogen) atoms. The molecule has 4 nitrogen and oxygen atoms in total. The summed E-state index contributed by atoms with van der Waals surface area (Å²) in [6.45, 7) is 5.98. The molecule has 1 N–H and O–H groups in total. The minimum atomic E-state index is -0.250. The first-order chi connectivity index (χ1) is 8.53. The fourth-order valence-electron chi connectivity index (χ4n) is 3.17. The standard InChI is InChI=1S/C14H23N3O/c1-14(2)9-16-13(18)12(7-8-15)17(10-14)11-5-3-4-6-11/h11-12H,3-7,9-10H2,1-2H3,(H,16,18). The van der Waals surface area contributed by atoms with Gasteiger partial charge in [-0.3, -0.25) is 9.69 Å². The van der Waals surface area contributed by atoms with Crippen molar-refractivity contribution < 1.29 is 4.79 Å². The van der Waals surface area contributed by atoms with Gasteiger partial charge >= 0.3 is 0 Å². The van der Waals surface area contributed by atoms with Crippen LogP contribution in [0.25, 0.3) is 0 Å². The molecule has 2 rings (SSSR count). The highest BCUT2D eigenvalue weighted by atomic mass is 16.2. The Morgan fingerprint density at radius 1 is 1.44 bits per heavy atom. The summed E-state index contributed by atoms with van der Waals surface area (Å²) in [5, 5.41) is 12.0. The number of hydrogen-bond acceptors (Lipinski definition) is 3. The maximum atomic E-state index is 12.2. The van der Waals surface area contributed by atoms with Gasteiger partial charge in [0, 0.05) is 19.1 Å². The van der Waals surface area contributed by atoms with E-state index in [0.29, 0.717) is 19.0 Å². The Kier molecular flexibility index (Phi) is 3.91. The SMILES string of the molecule is CC1(C)CNC(=O)C(CC#N)N(C2CCCC2)C1. The summed E-state index contributed by atoms with van der Waals surface area (Å²) < 4.78 is 0. The van der Waals surface area contributed by atoms with Crippen molar-refractivity contribution in [2.24, 2.45) is 5.41 Å². The lowest BCUT2D eigenvalue weighted by Gasteiger charge is -2.36. The van der Waals surface area contributed by atoms with E-state index in [0.717, 1.165) is 6.54 Å². The second-order valence-electron chi connectivity index (χ2n) is 6.37. The molecule has 0 radical (unpaired) electrons. The van der Waals surface area contributed by atoms with E-state index in [9.17, 15) is 4.79 Å². The number of amides is 1. The summed E-state index contributed by atoms with van der Waals surface area (Å²) in [6, 6.07) is 2.42. The van der Waals surface area contributed by atoms with Gasteiger partial charge in [-0.1, -0.05) is 26.7 Å². The van der Waals surface area contributed by atoms with E-state index in [4.69, 9.17) is 5.26 Å². The van der Waals surface area contributed by atoms with Crippen molar-refractivity contribution in [3.05, 3.63) is 0 Å². The molecule has 1 atom stereocenters. The van der Waals surface area contributed by atoms with E-state index in [1.165, 1.54) is 25.7 Å². The van der Waals surface area contributed by atoms with E-state index in [2.05, 4.69) is 30.1 Å². The Labute approximate surface area is 109 Å². The van der Waals surface area contributed by atoms with Crippen molar-refractivity contribution in [2.75, 3.05) is 13.1 Å². The lowest BCUT2D eigenvalue weighted by Crippen LogP contribution is -2.49. The van der Waals surface area contributed by atoms with Crippen molar-refractivity contribution in [1.82, 2.24) is 10.2 Å². The molecule has 1 heterocycles. The van der Waals surface area contributed by atoms with Gasteiger partial charge in [-0.2, -0.15) is 5.26 Å². The van der Waals surface area contributed by atoms with Gasteiger partial charge in [0.15, 0.2) is 0 Å². The third-order valence-electron chi connectivity index (χ3n) is 4.13. The molecule has 1 aliphatic carbocycles. The molecule has 100 valence electrons. The van der Waals surface area contributed by atoms with Crippen LogP contribution in [0, 0.1) is 16.7 Å². The molecule has 0 aromatic heterocycles. The zero-order valence-electron chi connectivity index (χ0n) is 11.4. The van der Waals surface area contributed by atoms with Crippen LogP contribution < -0.4 is 5.32 Å². The van der Waals surface area contributed by atoms with Crippen LogP contribution in [-0.2, 0) is 4.79 Å². The average molecular weight is 249 g/mol. The van der Waals surface area contributed by atoms with Crippen LogP contribution in [0.15, 0.2) is 0 Å². The number of nitriles is 1. The van der Waals surface area contributed by atoms with Crippen LogP contribution in [0.2, 0.25) is 0 Å². The summed E-state index contributed by atoms with van der Waals surface area (Å²) >= 11 is 0. The topological polar surface area (TPSA) is 56.1 Å². The van der Waals surface area contributed by atoms with Crippen LogP contribution in [0.1, 0.15) is 46.0 Å². The molecular weight excluding hydrogens is 226 g/mol. The monoisotopic (exact) mass is 249 g/mol. The van der Waals surface area contributed by atoms with Crippen LogP contribution in [0.5, 0.6) is 0 Å². The molecule has 2 fully saturated rings. The Morgan fingerprint density at radius 2 is 2.11 bits per heavy atom. The highest BCUT2D eigenvalue weighted by Crippen LogP contribution is 2.30. The zero-order valence-corrected chi connectivity index (χ0v) is 11.4.